The Morgan fingerprint density at radius 2 is 2.12 bits per heavy atom. The van der Waals surface area contributed by atoms with Crippen molar-refractivity contribution in [3.63, 3.8) is 0 Å². The van der Waals surface area contributed by atoms with E-state index >= 15 is 0 Å². The molecule has 1 N–H and O–H groups in total. The molecule has 0 saturated carbocycles. The lowest BCUT2D eigenvalue weighted by molar-refractivity contribution is 0.102. The van der Waals surface area contributed by atoms with Crippen molar-refractivity contribution in [1.82, 2.24) is 14.7 Å². The summed E-state index contributed by atoms with van der Waals surface area (Å²) >= 11 is 0. The first kappa shape index (κ1) is 16.7. The minimum Gasteiger partial charge on any atom is -0.383 e. The molecule has 0 bridgehead atoms. The molecule has 1 aliphatic rings. The molecule has 24 heavy (non-hydrogen) atoms. The maximum Gasteiger partial charge on any atom is 0.256 e. The van der Waals surface area contributed by atoms with Crippen LogP contribution in [-0.2, 0) is 17.8 Å². The molecular weight excluding hydrogens is 304 g/mol. The van der Waals surface area contributed by atoms with Gasteiger partial charge in [-0.05, 0) is 43.6 Å². The summed E-state index contributed by atoms with van der Waals surface area (Å²) in [7, 11) is 1.65. The van der Waals surface area contributed by atoms with Gasteiger partial charge in [-0.3, -0.25) is 14.4 Å². The molecule has 1 fully saturated rings. The molecule has 0 aliphatic carbocycles. The van der Waals surface area contributed by atoms with Crippen molar-refractivity contribution in [2.75, 3.05) is 32.1 Å². The zero-order valence-corrected chi connectivity index (χ0v) is 14.1. The van der Waals surface area contributed by atoms with Crippen LogP contribution in [0.3, 0.4) is 0 Å². The lowest BCUT2D eigenvalue weighted by Gasteiger charge is -2.15. The van der Waals surface area contributed by atoms with Gasteiger partial charge in [-0.2, -0.15) is 5.10 Å². The van der Waals surface area contributed by atoms with E-state index in [0.717, 1.165) is 19.6 Å². The fourth-order valence-electron chi connectivity index (χ4n) is 2.94. The Kier molecular flexibility index (Phi) is 5.61. The number of ether oxygens (including phenoxy) is 1. The highest BCUT2D eigenvalue weighted by atomic mass is 16.5. The van der Waals surface area contributed by atoms with Gasteiger partial charge in [-0.1, -0.05) is 12.1 Å². The SMILES string of the molecule is COCCn1ccc(NC(=O)c2cccc(CN3CCCC3)c2)n1. The number of benzene rings is 1. The lowest BCUT2D eigenvalue weighted by Crippen LogP contribution is -2.19. The standard InChI is InChI=1S/C18H24N4O2/c1-24-12-11-22-10-7-17(20-22)19-18(23)16-6-4-5-15(13-16)14-21-8-2-3-9-21/h4-7,10,13H,2-3,8-9,11-12,14H2,1H3,(H,19,20,23). The van der Waals surface area contributed by atoms with Crippen molar-refractivity contribution >= 4 is 11.7 Å². The largest absolute Gasteiger partial charge is 0.383 e. The van der Waals surface area contributed by atoms with Crippen molar-refractivity contribution in [2.45, 2.75) is 25.9 Å². The van der Waals surface area contributed by atoms with Gasteiger partial charge >= 0.3 is 0 Å². The number of hydrogen-bond acceptors (Lipinski definition) is 4. The van der Waals surface area contributed by atoms with E-state index in [0.29, 0.717) is 24.5 Å². The van der Waals surface area contributed by atoms with Gasteiger partial charge in [0.15, 0.2) is 5.82 Å². The molecule has 2 heterocycles. The van der Waals surface area contributed by atoms with Gasteiger partial charge in [0.2, 0.25) is 0 Å². The molecule has 3 rings (SSSR count). The Morgan fingerprint density at radius 1 is 1.29 bits per heavy atom. The van der Waals surface area contributed by atoms with E-state index in [1.807, 2.05) is 24.4 Å². The number of carbonyl (C=O) groups is 1. The molecule has 0 unspecified atom stereocenters. The first-order chi connectivity index (χ1) is 11.7. The Bertz CT molecular complexity index is 677. The molecule has 0 spiro atoms. The van der Waals surface area contributed by atoms with E-state index in [-0.39, 0.29) is 5.91 Å². The molecule has 0 atom stereocenters. The van der Waals surface area contributed by atoms with Gasteiger partial charge in [-0.25, -0.2) is 0 Å². The molecule has 1 saturated heterocycles. The van der Waals surface area contributed by atoms with E-state index in [9.17, 15) is 4.79 Å². The second kappa shape index (κ2) is 8.08. The third-order valence-corrected chi connectivity index (χ3v) is 4.20. The maximum absolute atomic E-state index is 12.4. The highest BCUT2D eigenvalue weighted by molar-refractivity contribution is 6.03. The summed E-state index contributed by atoms with van der Waals surface area (Å²) < 4.78 is 6.77. The smallest absolute Gasteiger partial charge is 0.256 e. The van der Waals surface area contributed by atoms with Crippen LogP contribution in [0, 0.1) is 0 Å². The average molecular weight is 328 g/mol. The van der Waals surface area contributed by atoms with E-state index in [1.54, 1.807) is 17.9 Å². The number of nitrogens with zero attached hydrogens (tertiary/aromatic N) is 3. The number of aromatic nitrogens is 2. The van der Waals surface area contributed by atoms with Crippen molar-refractivity contribution in [2.24, 2.45) is 0 Å². The Hall–Kier alpha value is -2.18. The molecule has 128 valence electrons. The van der Waals surface area contributed by atoms with Crippen LogP contribution < -0.4 is 5.32 Å². The number of amides is 1. The topological polar surface area (TPSA) is 59.4 Å². The molecule has 6 heteroatoms. The first-order valence-electron chi connectivity index (χ1n) is 8.39. The van der Waals surface area contributed by atoms with Gasteiger partial charge in [0, 0.05) is 31.5 Å². The van der Waals surface area contributed by atoms with Gasteiger partial charge < -0.3 is 10.1 Å². The van der Waals surface area contributed by atoms with Crippen molar-refractivity contribution in [3.05, 3.63) is 47.7 Å². The molecule has 1 aliphatic heterocycles. The lowest BCUT2D eigenvalue weighted by atomic mass is 10.1. The van der Waals surface area contributed by atoms with Crippen molar-refractivity contribution in [1.29, 1.82) is 0 Å². The van der Waals surface area contributed by atoms with Crippen LogP contribution >= 0.6 is 0 Å². The van der Waals surface area contributed by atoms with Crippen LogP contribution in [0.4, 0.5) is 5.82 Å². The maximum atomic E-state index is 12.4. The van der Waals surface area contributed by atoms with E-state index in [1.165, 1.54) is 18.4 Å². The molecule has 2 aromatic rings. The van der Waals surface area contributed by atoms with Crippen LogP contribution in [0.15, 0.2) is 36.5 Å². The number of rotatable bonds is 7. The quantitative estimate of drug-likeness (QED) is 0.848. The van der Waals surface area contributed by atoms with Crippen molar-refractivity contribution in [3.8, 4) is 0 Å². The Balaban J connectivity index is 1.60. The fourth-order valence-corrected chi connectivity index (χ4v) is 2.94. The number of carbonyl (C=O) groups excluding carboxylic acids is 1. The number of nitrogens with one attached hydrogen (secondary N) is 1. The van der Waals surface area contributed by atoms with E-state index in [2.05, 4.69) is 21.4 Å². The van der Waals surface area contributed by atoms with Crippen LogP contribution in [0.25, 0.3) is 0 Å². The Labute approximate surface area is 142 Å². The molecule has 1 aromatic carbocycles. The summed E-state index contributed by atoms with van der Waals surface area (Å²) in [5.74, 6) is 0.427. The minimum absolute atomic E-state index is 0.129. The number of methoxy groups -OCH3 is 1. The summed E-state index contributed by atoms with van der Waals surface area (Å²) in [6.07, 6.45) is 4.37. The monoisotopic (exact) mass is 328 g/mol. The summed E-state index contributed by atoms with van der Waals surface area (Å²) in [5.41, 5.74) is 1.84. The fraction of sp³-hybridized carbons (Fsp3) is 0.444. The third kappa shape index (κ3) is 4.43. The van der Waals surface area contributed by atoms with Gasteiger partial charge in [0.25, 0.3) is 5.91 Å². The Morgan fingerprint density at radius 3 is 2.92 bits per heavy atom. The second-order valence-corrected chi connectivity index (χ2v) is 6.09. The first-order valence-corrected chi connectivity index (χ1v) is 8.39. The molecule has 0 radical (unpaired) electrons. The van der Waals surface area contributed by atoms with Crippen molar-refractivity contribution < 1.29 is 9.53 Å². The number of anilines is 1. The summed E-state index contributed by atoms with van der Waals surface area (Å²) in [4.78, 5) is 14.9. The van der Waals surface area contributed by atoms with Crippen LogP contribution in [0.2, 0.25) is 0 Å². The predicted octanol–water partition coefficient (Wildman–Crippen LogP) is 2.38. The highest BCUT2D eigenvalue weighted by Crippen LogP contribution is 2.14. The second-order valence-electron chi connectivity index (χ2n) is 6.09. The summed E-state index contributed by atoms with van der Waals surface area (Å²) in [6, 6.07) is 9.62. The third-order valence-electron chi connectivity index (χ3n) is 4.20. The summed E-state index contributed by atoms with van der Waals surface area (Å²) in [5, 5.41) is 7.17. The molecule has 1 aromatic heterocycles. The average Bonchev–Trinajstić information content (AvgIpc) is 3.25. The van der Waals surface area contributed by atoms with Crippen LogP contribution in [0.1, 0.15) is 28.8 Å². The normalized spacial score (nSPS) is 14.9. The van der Waals surface area contributed by atoms with E-state index in [4.69, 9.17) is 4.74 Å². The van der Waals surface area contributed by atoms with Crippen LogP contribution in [0.5, 0.6) is 0 Å². The molecule has 1 amide bonds. The van der Waals surface area contributed by atoms with E-state index < -0.39 is 0 Å². The summed E-state index contributed by atoms with van der Waals surface area (Å²) in [6.45, 7) is 4.46. The number of hydrogen-bond donors (Lipinski definition) is 1. The van der Waals surface area contributed by atoms with Gasteiger partial charge in [0.1, 0.15) is 0 Å². The minimum atomic E-state index is -0.129. The highest BCUT2D eigenvalue weighted by Gasteiger charge is 2.13. The zero-order chi connectivity index (χ0) is 16.8. The molecule has 6 nitrogen and oxygen atoms in total. The predicted molar refractivity (Wildman–Crippen MR) is 93.0 cm³/mol. The zero-order valence-electron chi connectivity index (χ0n) is 14.1. The van der Waals surface area contributed by atoms with Gasteiger partial charge in [0.05, 0.1) is 13.2 Å². The van der Waals surface area contributed by atoms with Crippen LogP contribution in [-0.4, -0.2) is 47.4 Å². The number of likely N-dealkylation sites (tertiary alicyclic amines) is 1. The van der Waals surface area contributed by atoms with Gasteiger partial charge in [-0.15, -0.1) is 0 Å². The molecular formula is C18H24N4O2.